The average Bonchev–Trinajstić information content (AvgIpc) is 2.11. The number of nitrogens with zero attached hydrogens (tertiary/aromatic N) is 1. The molecule has 0 saturated heterocycles. The number of carboxylic acids is 1. The fourth-order valence-corrected chi connectivity index (χ4v) is 2.95. The molecule has 0 spiro atoms. The number of rotatable bonds is 8. The molecule has 0 aromatic rings. The summed E-state index contributed by atoms with van der Waals surface area (Å²) in [5, 5.41) is 10.3. The van der Waals surface area contributed by atoms with E-state index in [1.165, 1.54) is 0 Å². The quantitative estimate of drug-likeness (QED) is 0.352. The molecule has 0 radical (unpaired) electrons. The minimum absolute atomic E-state index is 0. The van der Waals surface area contributed by atoms with Crippen molar-refractivity contribution in [3.63, 3.8) is 0 Å². The molecule has 0 heterocycles. The van der Waals surface area contributed by atoms with Gasteiger partial charge in [0.15, 0.2) is 0 Å². The van der Waals surface area contributed by atoms with E-state index in [1.807, 2.05) is 6.92 Å². The monoisotopic (exact) mass is 259 g/mol. The summed E-state index contributed by atoms with van der Waals surface area (Å²) in [5.41, 5.74) is 0. The molecule has 0 bridgehead atoms. The molecule has 0 saturated carbocycles. The summed E-state index contributed by atoms with van der Waals surface area (Å²) in [6.45, 7) is 6.65. The molecule has 7 heteroatoms. The molecule has 1 unspecified atom stereocenters. The molecule has 0 fully saturated rings. The summed E-state index contributed by atoms with van der Waals surface area (Å²) < 4.78 is 16.9. The van der Waals surface area contributed by atoms with E-state index in [9.17, 15) is 14.5 Å². The van der Waals surface area contributed by atoms with Gasteiger partial charge >= 0.3 is 29.6 Å². The molecule has 0 aliphatic heterocycles. The fourth-order valence-electron chi connectivity index (χ4n) is 1.26. The zero-order valence-corrected chi connectivity index (χ0v) is 13.5. The predicted molar refractivity (Wildman–Crippen MR) is 56.9 cm³/mol. The first-order valence-electron chi connectivity index (χ1n) is 5.04. The molecule has 1 atom stereocenters. The molecule has 5 nitrogen and oxygen atoms in total. The van der Waals surface area contributed by atoms with Gasteiger partial charge in [-0.05, 0) is 19.9 Å². The number of carbonyl (C=O) groups excluding carboxylic acids is 1. The molecule has 0 amide bonds. The van der Waals surface area contributed by atoms with Gasteiger partial charge in [0, 0.05) is 19.2 Å². The van der Waals surface area contributed by atoms with Gasteiger partial charge in [-0.15, -0.1) is 0 Å². The van der Waals surface area contributed by atoms with Crippen LogP contribution in [-0.2, 0) is 13.9 Å². The molecule has 90 valence electrons. The van der Waals surface area contributed by atoms with E-state index >= 15 is 0 Å². The van der Waals surface area contributed by atoms with Crippen LogP contribution in [0.1, 0.15) is 20.3 Å². The number of aliphatic carboxylic acids is 1. The van der Waals surface area contributed by atoms with Gasteiger partial charge in [0.25, 0.3) is 0 Å². The van der Waals surface area contributed by atoms with Gasteiger partial charge < -0.3 is 14.4 Å². The summed E-state index contributed by atoms with van der Waals surface area (Å²) in [7, 11) is -2.61. The summed E-state index contributed by atoms with van der Waals surface area (Å²) in [6, 6.07) is 0. The Morgan fingerprint density at radius 2 is 2.00 bits per heavy atom. The molecular formula is C9H19NNaO4P. The molecule has 0 rings (SSSR count). The van der Waals surface area contributed by atoms with E-state index in [1.54, 1.807) is 18.5 Å². The van der Waals surface area contributed by atoms with Crippen molar-refractivity contribution < 1.29 is 48.5 Å². The molecule has 0 N–H and O–H groups in total. The Labute approximate surface area is 119 Å². The van der Waals surface area contributed by atoms with Gasteiger partial charge in [0.2, 0.25) is 7.37 Å². The standard InChI is InChI=1S/C9H20NO4P.Na/c1-4-10(7-6-9(11)12)8-15(3,13)14-5-2;/h4-8H2,1-3H3,(H,11,12);/q;+1/p-1. The van der Waals surface area contributed by atoms with Crippen LogP contribution < -0.4 is 34.7 Å². The molecule has 0 aromatic heterocycles. The van der Waals surface area contributed by atoms with Gasteiger partial charge in [-0.1, -0.05) is 6.92 Å². The maximum absolute atomic E-state index is 11.8. The maximum Gasteiger partial charge on any atom is 1.00 e. The Bertz CT molecular complexity index is 250. The summed E-state index contributed by atoms with van der Waals surface area (Å²) in [6.07, 6.45) is 0.255. The predicted octanol–water partition coefficient (Wildman–Crippen LogP) is -2.65. The van der Waals surface area contributed by atoms with E-state index in [0.29, 0.717) is 26.0 Å². The van der Waals surface area contributed by atoms with E-state index in [-0.39, 0.29) is 36.0 Å². The molecule has 0 aliphatic carbocycles. The van der Waals surface area contributed by atoms with Gasteiger partial charge in [-0.2, -0.15) is 0 Å². The first-order chi connectivity index (χ1) is 6.91. The van der Waals surface area contributed by atoms with E-state index < -0.39 is 13.3 Å². The third-order valence-electron chi connectivity index (χ3n) is 1.94. The first-order valence-corrected chi connectivity index (χ1v) is 7.30. The van der Waals surface area contributed by atoms with Crippen LogP contribution in [-0.4, -0.2) is 43.5 Å². The van der Waals surface area contributed by atoms with Gasteiger partial charge in [-0.25, -0.2) is 0 Å². The van der Waals surface area contributed by atoms with E-state index in [0.717, 1.165) is 0 Å². The summed E-state index contributed by atoms with van der Waals surface area (Å²) >= 11 is 0. The van der Waals surface area contributed by atoms with Crippen LogP contribution in [0.2, 0.25) is 0 Å². The van der Waals surface area contributed by atoms with Crippen molar-refractivity contribution in [1.29, 1.82) is 0 Å². The Hall–Kier alpha value is 0.620. The summed E-state index contributed by atoms with van der Waals surface area (Å²) in [4.78, 5) is 12.1. The van der Waals surface area contributed by atoms with Crippen molar-refractivity contribution in [2.24, 2.45) is 0 Å². The van der Waals surface area contributed by atoms with Gasteiger partial charge in [0.1, 0.15) is 0 Å². The number of carbonyl (C=O) groups is 1. The average molecular weight is 259 g/mol. The van der Waals surface area contributed by atoms with Gasteiger partial charge in [0.05, 0.1) is 12.9 Å². The van der Waals surface area contributed by atoms with E-state index in [2.05, 4.69) is 0 Å². The van der Waals surface area contributed by atoms with Crippen LogP contribution in [0.4, 0.5) is 0 Å². The zero-order chi connectivity index (χ0) is 11.9. The molecule has 16 heavy (non-hydrogen) atoms. The van der Waals surface area contributed by atoms with Gasteiger partial charge in [-0.3, -0.25) is 9.46 Å². The first kappa shape index (κ1) is 19.0. The smallest absolute Gasteiger partial charge is 0.550 e. The second kappa shape index (κ2) is 9.63. The second-order valence-corrected chi connectivity index (χ2v) is 5.98. The molecular weight excluding hydrogens is 240 g/mol. The SMILES string of the molecule is CCOP(C)(=O)CN(CC)CCC(=O)[O-].[Na+]. The number of hydrogen-bond acceptors (Lipinski definition) is 5. The topological polar surface area (TPSA) is 69.7 Å². The van der Waals surface area contributed by atoms with Crippen LogP contribution in [0.3, 0.4) is 0 Å². The Balaban J connectivity index is 0. The maximum atomic E-state index is 11.8. The van der Waals surface area contributed by atoms with Crippen LogP contribution in [0.25, 0.3) is 0 Å². The van der Waals surface area contributed by atoms with Crippen molar-refractivity contribution in [3.05, 3.63) is 0 Å². The van der Waals surface area contributed by atoms with Crippen LogP contribution in [0, 0.1) is 0 Å². The largest absolute Gasteiger partial charge is 1.00 e. The number of hydrogen-bond donors (Lipinski definition) is 0. The second-order valence-electron chi connectivity index (χ2n) is 3.41. The normalized spacial score (nSPS) is 14.2. The van der Waals surface area contributed by atoms with Crippen molar-refractivity contribution >= 4 is 13.3 Å². The van der Waals surface area contributed by atoms with Crippen molar-refractivity contribution in [2.75, 3.05) is 32.6 Å². The van der Waals surface area contributed by atoms with E-state index in [4.69, 9.17) is 4.52 Å². The Morgan fingerprint density at radius 3 is 2.38 bits per heavy atom. The summed E-state index contributed by atoms with van der Waals surface area (Å²) in [5.74, 6) is -1.09. The Morgan fingerprint density at radius 1 is 1.44 bits per heavy atom. The van der Waals surface area contributed by atoms with Crippen molar-refractivity contribution in [3.8, 4) is 0 Å². The molecule has 0 aliphatic rings. The Kier molecular flexibility index (Phi) is 11.4. The third kappa shape index (κ3) is 9.82. The minimum Gasteiger partial charge on any atom is -0.550 e. The minimum atomic E-state index is -2.61. The van der Waals surface area contributed by atoms with Crippen LogP contribution >= 0.6 is 7.37 Å². The van der Waals surface area contributed by atoms with Crippen LogP contribution in [0.15, 0.2) is 0 Å². The van der Waals surface area contributed by atoms with Crippen molar-refractivity contribution in [1.82, 2.24) is 4.90 Å². The fraction of sp³-hybridized carbons (Fsp3) is 0.889. The number of carboxylic acid groups (broad SMARTS) is 1. The zero-order valence-electron chi connectivity index (χ0n) is 10.6. The third-order valence-corrected chi connectivity index (χ3v) is 3.66. The van der Waals surface area contributed by atoms with Crippen LogP contribution in [0.5, 0.6) is 0 Å². The van der Waals surface area contributed by atoms with Crippen molar-refractivity contribution in [2.45, 2.75) is 20.3 Å². The molecule has 0 aromatic carbocycles.